The van der Waals surface area contributed by atoms with E-state index in [2.05, 4.69) is 10.3 Å². The Morgan fingerprint density at radius 2 is 1.94 bits per heavy atom. The maximum atomic E-state index is 12.7. The van der Waals surface area contributed by atoms with E-state index in [4.69, 9.17) is 0 Å². The Kier molecular flexibility index (Phi) is 5.17. The minimum Gasteiger partial charge on any atom is -0.310 e. The van der Waals surface area contributed by atoms with E-state index in [-0.39, 0.29) is 5.82 Å². The number of hydrogen-bond donors (Lipinski definition) is 1. The molecule has 0 amide bonds. The van der Waals surface area contributed by atoms with Gasteiger partial charge >= 0.3 is 0 Å². The van der Waals surface area contributed by atoms with Gasteiger partial charge in [0, 0.05) is 29.9 Å². The van der Waals surface area contributed by atoms with Gasteiger partial charge in [-0.3, -0.25) is 4.98 Å². The van der Waals surface area contributed by atoms with Crippen molar-refractivity contribution in [3.8, 4) is 0 Å². The van der Waals surface area contributed by atoms with Crippen LogP contribution in [0.25, 0.3) is 0 Å². The van der Waals surface area contributed by atoms with Gasteiger partial charge in [0.05, 0.1) is 5.69 Å². The van der Waals surface area contributed by atoms with Crippen LogP contribution in [0.4, 0.5) is 4.39 Å². The number of nitrogens with zero attached hydrogens (tertiary/aromatic N) is 1. The highest BCUT2D eigenvalue weighted by Crippen LogP contribution is 2.17. The van der Waals surface area contributed by atoms with Gasteiger partial charge in [0.15, 0.2) is 0 Å². The van der Waals surface area contributed by atoms with Crippen molar-refractivity contribution in [2.24, 2.45) is 0 Å². The zero-order valence-corrected chi connectivity index (χ0v) is 10.8. The highest BCUT2D eigenvalue weighted by Gasteiger charge is 1.95. The highest BCUT2D eigenvalue weighted by atomic mass is 32.2. The van der Waals surface area contributed by atoms with Crippen molar-refractivity contribution in [2.75, 3.05) is 12.3 Å². The quantitative estimate of drug-likeness (QED) is 0.639. The van der Waals surface area contributed by atoms with Crippen molar-refractivity contribution >= 4 is 11.8 Å². The first kappa shape index (κ1) is 13.1. The van der Waals surface area contributed by atoms with Gasteiger partial charge in [0.1, 0.15) is 5.82 Å². The summed E-state index contributed by atoms with van der Waals surface area (Å²) >= 11 is 1.71. The molecular weight excluding hydrogens is 247 g/mol. The summed E-state index contributed by atoms with van der Waals surface area (Å²) in [5.41, 5.74) is 1.05. The summed E-state index contributed by atoms with van der Waals surface area (Å²) in [6.07, 6.45) is 1.80. The van der Waals surface area contributed by atoms with Crippen LogP contribution in [0.3, 0.4) is 0 Å². The van der Waals surface area contributed by atoms with Crippen molar-refractivity contribution in [1.29, 1.82) is 0 Å². The molecule has 1 heterocycles. The highest BCUT2D eigenvalue weighted by molar-refractivity contribution is 7.99. The lowest BCUT2D eigenvalue weighted by molar-refractivity contribution is 0.626. The fourth-order valence-electron chi connectivity index (χ4n) is 1.49. The molecule has 0 unspecified atom stereocenters. The monoisotopic (exact) mass is 262 g/mol. The number of thioether (sulfide) groups is 1. The zero-order chi connectivity index (χ0) is 12.6. The Balaban J connectivity index is 1.63. The van der Waals surface area contributed by atoms with Crippen LogP contribution in [0, 0.1) is 5.82 Å². The maximum absolute atomic E-state index is 12.7. The van der Waals surface area contributed by atoms with E-state index in [1.165, 1.54) is 12.1 Å². The topological polar surface area (TPSA) is 24.9 Å². The number of halogens is 1. The smallest absolute Gasteiger partial charge is 0.123 e. The molecule has 4 heteroatoms. The maximum Gasteiger partial charge on any atom is 0.123 e. The summed E-state index contributed by atoms with van der Waals surface area (Å²) in [6, 6.07) is 12.5. The number of benzene rings is 1. The van der Waals surface area contributed by atoms with E-state index in [0.29, 0.717) is 0 Å². The van der Waals surface area contributed by atoms with E-state index in [1.807, 2.05) is 18.2 Å². The third kappa shape index (κ3) is 4.47. The summed E-state index contributed by atoms with van der Waals surface area (Å²) < 4.78 is 12.7. The van der Waals surface area contributed by atoms with Crippen molar-refractivity contribution in [3.63, 3.8) is 0 Å². The summed E-state index contributed by atoms with van der Waals surface area (Å²) in [7, 11) is 0. The molecule has 0 aliphatic carbocycles. The molecule has 18 heavy (non-hydrogen) atoms. The van der Waals surface area contributed by atoms with Gasteiger partial charge in [-0.1, -0.05) is 6.07 Å². The van der Waals surface area contributed by atoms with Gasteiger partial charge in [0.25, 0.3) is 0 Å². The van der Waals surface area contributed by atoms with Crippen LogP contribution in [-0.2, 0) is 6.54 Å². The molecular formula is C14H15FN2S. The predicted octanol–water partition coefficient (Wildman–Crippen LogP) is 3.10. The first-order valence-electron chi connectivity index (χ1n) is 5.83. The Hall–Kier alpha value is -1.39. The minimum absolute atomic E-state index is 0.187. The largest absolute Gasteiger partial charge is 0.310 e. The average molecular weight is 262 g/mol. The molecule has 1 aromatic heterocycles. The lowest BCUT2D eigenvalue weighted by Crippen LogP contribution is -2.17. The predicted molar refractivity (Wildman–Crippen MR) is 73.1 cm³/mol. The zero-order valence-electron chi connectivity index (χ0n) is 9.97. The Morgan fingerprint density at radius 1 is 1.11 bits per heavy atom. The van der Waals surface area contributed by atoms with Crippen molar-refractivity contribution in [3.05, 3.63) is 60.2 Å². The molecule has 0 aliphatic heterocycles. The standard InChI is InChI=1S/C14H15FN2S/c15-12-4-6-14(7-5-12)18-10-9-16-11-13-3-1-2-8-17-13/h1-8,16H,9-11H2. The van der Waals surface area contributed by atoms with Gasteiger partial charge in [-0.15, -0.1) is 11.8 Å². The molecule has 2 aromatic rings. The summed E-state index contributed by atoms with van der Waals surface area (Å²) in [5, 5.41) is 3.33. The molecule has 0 bridgehead atoms. The van der Waals surface area contributed by atoms with Crippen molar-refractivity contribution in [2.45, 2.75) is 11.4 Å². The van der Waals surface area contributed by atoms with Crippen LogP contribution in [0.15, 0.2) is 53.6 Å². The van der Waals surface area contributed by atoms with Gasteiger partial charge in [-0.25, -0.2) is 4.39 Å². The molecule has 94 valence electrons. The summed E-state index contributed by atoms with van der Waals surface area (Å²) in [6.45, 7) is 1.68. The first-order chi connectivity index (χ1) is 8.84. The van der Waals surface area contributed by atoms with Gasteiger partial charge in [-0.2, -0.15) is 0 Å². The lowest BCUT2D eigenvalue weighted by atomic mass is 10.3. The molecule has 0 atom stereocenters. The van der Waals surface area contributed by atoms with Crippen LogP contribution in [0.5, 0.6) is 0 Å². The fourth-order valence-corrected chi connectivity index (χ4v) is 2.30. The van der Waals surface area contributed by atoms with E-state index in [0.717, 1.165) is 29.4 Å². The molecule has 0 spiro atoms. The van der Waals surface area contributed by atoms with E-state index in [1.54, 1.807) is 30.1 Å². The second kappa shape index (κ2) is 7.13. The molecule has 0 radical (unpaired) electrons. The summed E-state index contributed by atoms with van der Waals surface area (Å²) in [5.74, 6) is 0.769. The number of hydrogen-bond acceptors (Lipinski definition) is 3. The van der Waals surface area contributed by atoms with Crippen LogP contribution < -0.4 is 5.32 Å². The van der Waals surface area contributed by atoms with Crippen molar-refractivity contribution in [1.82, 2.24) is 10.3 Å². The third-order valence-electron chi connectivity index (χ3n) is 2.39. The third-order valence-corrected chi connectivity index (χ3v) is 3.41. The minimum atomic E-state index is -0.187. The fraction of sp³-hybridized carbons (Fsp3) is 0.214. The SMILES string of the molecule is Fc1ccc(SCCNCc2ccccn2)cc1. The number of rotatable bonds is 6. The van der Waals surface area contributed by atoms with Crippen LogP contribution in [0.1, 0.15) is 5.69 Å². The molecule has 0 saturated carbocycles. The summed E-state index contributed by atoms with van der Waals surface area (Å²) in [4.78, 5) is 5.33. The second-order valence-corrected chi connectivity index (χ2v) is 4.97. The molecule has 0 saturated heterocycles. The Morgan fingerprint density at radius 3 is 2.67 bits per heavy atom. The van der Waals surface area contributed by atoms with E-state index < -0.39 is 0 Å². The van der Waals surface area contributed by atoms with Crippen LogP contribution >= 0.6 is 11.8 Å². The molecule has 0 aliphatic rings. The van der Waals surface area contributed by atoms with E-state index >= 15 is 0 Å². The molecule has 2 nitrogen and oxygen atoms in total. The second-order valence-electron chi connectivity index (χ2n) is 3.80. The van der Waals surface area contributed by atoms with E-state index in [9.17, 15) is 4.39 Å². The van der Waals surface area contributed by atoms with Crippen molar-refractivity contribution < 1.29 is 4.39 Å². The number of aromatic nitrogens is 1. The van der Waals surface area contributed by atoms with Crippen LogP contribution in [0.2, 0.25) is 0 Å². The van der Waals surface area contributed by atoms with Gasteiger partial charge < -0.3 is 5.32 Å². The Labute approximate surface area is 111 Å². The Bertz CT molecular complexity index is 459. The van der Waals surface area contributed by atoms with Gasteiger partial charge in [-0.05, 0) is 36.4 Å². The van der Waals surface area contributed by atoms with Crippen LogP contribution in [-0.4, -0.2) is 17.3 Å². The molecule has 2 rings (SSSR count). The average Bonchev–Trinajstić information content (AvgIpc) is 2.42. The normalized spacial score (nSPS) is 10.5. The number of pyridine rings is 1. The molecule has 1 N–H and O–H groups in total. The number of nitrogens with one attached hydrogen (secondary N) is 1. The molecule has 1 aromatic carbocycles. The van der Waals surface area contributed by atoms with Gasteiger partial charge in [0.2, 0.25) is 0 Å². The first-order valence-corrected chi connectivity index (χ1v) is 6.82. The molecule has 0 fully saturated rings. The lowest BCUT2D eigenvalue weighted by Gasteiger charge is -2.04.